The lowest BCUT2D eigenvalue weighted by Gasteiger charge is -2.42. The van der Waals surface area contributed by atoms with Crippen molar-refractivity contribution in [2.45, 2.75) is 37.8 Å². The van der Waals surface area contributed by atoms with Gasteiger partial charge in [0.05, 0.1) is 9.83 Å². The average molecular weight is 333 g/mol. The summed E-state index contributed by atoms with van der Waals surface area (Å²) in [5.74, 6) is 0. The van der Waals surface area contributed by atoms with Crippen molar-refractivity contribution in [3.63, 3.8) is 0 Å². The van der Waals surface area contributed by atoms with E-state index in [2.05, 4.69) is 33.0 Å². The van der Waals surface area contributed by atoms with Crippen LogP contribution in [0.4, 0.5) is 0 Å². The van der Waals surface area contributed by atoms with Gasteiger partial charge in [-0.05, 0) is 47.3 Å². The molecule has 1 unspecified atom stereocenters. The van der Waals surface area contributed by atoms with E-state index in [4.69, 9.17) is 10.8 Å². The SMILES string of the molecule is NCC(c1ccc(Br)s1)N(CCCO)C1CCC1. The van der Waals surface area contributed by atoms with Crippen LogP contribution >= 0.6 is 27.3 Å². The summed E-state index contributed by atoms with van der Waals surface area (Å²) >= 11 is 5.29. The van der Waals surface area contributed by atoms with Gasteiger partial charge in [0.1, 0.15) is 0 Å². The number of halogens is 1. The summed E-state index contributed by atoms with van der Waals surface area (Å²) < 4.78 is 1.16. The number of hydrogen-bond donors (Lipinski definition) is 2. The van der Waals surface area contributed by atoms with Crippen LogP contribution in [0.25, 0.3) is 0 Å². The lowest BCUT2D eigenvalue weighted by Crippen LogP contribution is -2.45. The van der Waals surface area contributed by atoms with Crippen molar-refractivity contribution in [3.8, 4) is 0 Å². The zero-order valence-corrected chi connectivity index (χ0v) is 12.9. The van der Waals surface area contributed by atoms with E-state index in [0.717, 1.165) is 16.8 Å². The molecule has 0 aromatic carbocycles. The molecular formula is C13H21BrN2OS. The zero-order chi connectivity index (χ0) is 13.0. The van der Waals surface area contributed by atoms with E-state index in [1.807, 2.05) is 0 Å². The third-order valence-corrected chi connectivity index (χ3v) is 5.39. The van der Waals surface area contributed by atoms with Crippen molar-refractivity contribution in [1.82, 2.24) is 4.90 Å². The highest BCUT2D eigenvalue weighted by Crippen LogP contribution is 2.35. The molecule has 1 aliphatic rings. The van der Waals surface area contributed by atoms with Crippen LogP contribution in [0.1, 0.15) is 36.6 Å². The molecule has 1 heterocycles. The second-order valence-corrected chi connectivity index (χ2v) is 7.29. The lowest BCUT2D eigenvalue weighted by molar-refractivity contribution is 0.0758. The van der Waals surface area contributed by atoms with Crippen LogP contribution < -0.4 is 5.73 Å². The number of thiophene rings is 1. The predicted octanol–water partition coefficient (Wildman–Crippen LogP) is 2.75. The predicted molar refractivity (Wildman–Crippen MR) is 79.9 cm³/mol. The lowest BCUT2D eigenvalue weighted by atomic mass is 9.90. The Labute approximate surface area is 121 Å². The van der Waals surface area contributed by atoms with Gasteiger partial charge in [0, 0.05) is 30.6 Å². The van der Waals surface area contributed by atoms with Crippen LogP contribution in [-0.2, 0) is 0 Å². The Morgan fingerprint density at radius 1 is 1.50 bits per heavy atom. The van der Waals surface area contributed by atoms with Crippen molar-refractivity contribution in [1.29, 1.82) is 0 Å². The smallest absolute Gasteiger partial charge is 0.0702 e. The Kier molecular flexibility index (Phi) is 5.63. The second-order valence-electron chi connectivity index (χ2n) is 4.79. The van der Waals surface area contributed by atoms with E-state index in [0.29, 0.717) is 18.6 Å². The summed E-state index contributed by atoms with van der Waals surface area (Å²) in [5.41, 5.74) is 5.99. The minimum atomic E-state index is 0.259. The van der Waals surface area contributed by atoms with Crippen LogP contribution in [0.3, 0.4) is 0 Å². The molecule has 102 valence electrons. The van der Waals surface area contributed by atoms with Crippen molar-refractivity contribution >= 4 is 27.3 Å². The summed E-state index contributed by atoms with van der Waals surface area (Å²) in [5, 5.41) is 9.05. The number of aliphatic hydroxyl groups is 1. The second kappa shape index (κ2) is 7.01. The molecule has 1 aromatic heterocycles. The minimum absolute atomic E-state index is 0.259. The molecule has 3 nitrogen and oxygen atoms in total. The van der Waals surface area contributed by atoms with Crippen LogP contribution in [0.15, 0.2) is 15.9 Å². The summed E-state index contributed by atoms with van der Waals surface area (Å²) in [7, 11) is 0. The first-order valence-electron chi connectivity index (χ1n) is 6.58. The molecule has 1 saturated carbocycles. The molecule has 1 aromatic rings. The normalized spacial score (nSPS) is 18.0. The summed E-state index contributed by atoms with van der Waals surface area (Å²) in [6.45, 7) is 1.85. The Hall–Kier alpha value is 0.0600. The number of nitrogens with zero attached hydrogens (tertiary/aromatic N) is 1. The van der Waals surface area contributed by atoms with E-state index < -0.39 is 0 Å². The molecule has 3 N–H and O–H groups in total. The maximum atomic E-state index is 9.05. The summed E-state index contributed by atoms with van der Waals surface area (Å²) in [6.07, 6.45) is 4.70. The number of aliphatic hydroxyl groups excluding tert-OH is 1. The first kappa shape index (κ1) is 14.5. The molecule has 0 bridgehead atoms. The minimum Gasteiger partial charge on any atom is -0.396 e. The van der Waals surface area contributed by atoms with Crippen LogP contribution in [-0.4, -0.2) is 35.7 Å². The Balaban J connectivity index is 2.09. The van der Waals surface area contributed by atoms with Gasteiger partial charge in [-0.1, -0.05) is 6.42 Å². The van der Waals surface area contributed by atoms with Gasteiger partial charge in [0.15, 0.2) is 0 Å². The quantitative estimate of drug-likeness (QED) is 0.807. The molecule has 1 atom stereocenters. The fourth-order valence-corrected chi connectivity index (χ4v) is 4.04. The first-order chi connectivity index (χ1) is 8.76. The first-order valence-corrected chi connectivity index (χ1v) is 8.19. The maximum absolute atomic E-state index is 9.05. The van der Waals surface area contributed by atoms with Crippen LogP contribution in [0, 0.1) is 0 Å². The highest BCUT2D eigenvalue weighted by molar-refractivity contribution is 9.11. The van der Waals surface area contributed by atoms with Crippen molar-refractivity contribution < 1.29 is 5.11 Å². The molecule has 5 heteroatoms. The molecule has 0 saturated heterocycles. The van der Waals surface area contributed by atoms with Gasteiger partial charge in [-0.2, -0.15) is 0 Å². The van der Waals surface area contributed by atoms with Gasteiger partial charge in [0.2, 0.25) is 0 Å². The van der Waals surface area contributed by atoms with Crippen LogP contribution in [0.5, 0.6) is 0 Å². The largest absolute Gasteiger partial charge is 0.396 e. The number of nitrogens with two attached hydrogens (primary N) is 1. The van der Waals surface area contributed by atoms with E-state index >= 15 is 0 Å². The van der Waals surface area contributed by atoms with Crippen LogP contribution in [0.2, 0.25) is 0 Å². The number of hydrogen-bond acceptors (Lipinski definition) is 4. The van der Waals surface area contributed by atoms with E-state index in [9.17, 15) is 0 Å². The van der Waals surface area contributed by atoms with Crippen molar-refractivity contribution in [2.24, 2.45) is 5.73 Å². The highest BCUT2D eigenvalue weighted by atomic mass is 79.9. The summed E-state index contributed by atoms with van der Waals surface area (Å²) in [6, 6.07) is 5.22. The number of rotatable bonds is 7. The zero-order valence-electron chi connectivity index (χ0n) is 10.5. The fraction of sp³-hybridized carbons (Fsp3) is 0.692. The molecule has 0 aliphatic heterocycles. The molecule has 2 rings (SSSR count). The maximum Gasteiger partial charge on any atom is 0.0702 e. The highest BCUT2D eigenvalue weighted by Gasteiger charge is 2.30. The van der Waals surface area contributed by atoms with Crippen molar-refractivity contribution in [2.75, 3.05) is 19.7 Å². The van der Waals surface area contributed by atoms with Gasteiger partial charge >= 0.3 is 0 Å². The standard InChI is InChI=1S/C13H21BrN2OS/c14-13-6-5-12(18-13)11(9-15)16(7-2-8-17)10-3-1-4-10/h5-6,10-11,17H,1-4,7-9,15H2. The molecule has 0 spiro atoms. The van der Waals surface area contributed by atoms with Gasteiger partial charge in [-0.3, -0.25) is 4.90 Å². The van der Waals surface area contributed by atoms with Gasteiger partial charge in [-0.25, -0.2) is 0 Å². The Bertz CT molecular complexity index is 368. The summed E-state index contributed by atoms with van der Waals surface area (Å²) in [4.78, 5) is 3.83. The molecule has 0 radical (unpaired) electrons. The molecule has 1 fully saturated rings. The van der Waals surface area contributed by atoms with Crippen molar-refractivity contribution in [3.05, 3.63) is 20.8 Å². The monoisotopic (exact) mass is 332 g/mol. The van der Waals surface area contributed by atoms with Gasteiger partial charge in [0.25, 0.3) is 0 Å². The average Bonchev–Trinajstić information content (AvgIpc) is 2.71. The topological polar surface area (TPSA) is 49.5 Å². The van der Waals surface area contributed by atoms with Gasteiger partial charge < -0.3 is 10.8 Å². The molecule has 0 amide bonds. The Morgan fingerprint density at radius 2 is 2.28 bits per heavy atom. The van der Waals surface area contributed by atoms with E-state index in [1.54, 1.807) is 11.3 Å². The molecule has 18 heavy (non-hydrogen) atoms. The Morgan fingerprint density at radius 3 is 2.72 bits per heavy atom. The molecule has 1 aliphatic carbocycles. The molecular weight excluding hydrogens is 312 g/mol. The van der Waals surface area contributed by atoms with Gasteiger partial charge in [-0.15, -0.1) is 11.3 Å². The fourth-order valence-electron chi connectivity index (χ4n) is 2.49. The van der Waals surface area contributed by atoms with E-state index in [-0.39, 0.29) is 6.61 Å². The third kappa shape index (κ3) is 3.33. The van der Waals surface area contributed by atoms with E-state index in [1.165, 1.54) is 24.1 Å². The third-order valence-electron chi connectivity index (χ3n) is 3.66.